The van der Waals surface area contributed by atoms with Gasteiger partial charge in [-0.15, -0.1) is 11.3 Å². The summed E-state index contributed by atoms with van der Waals surface area (Å²) in [5.74, 6) is -1.57. The van der Waals surface area contributed by atoms with E-state index in [1.807, 2.05) is 0 Å². The molecule has 1 heterocycles. The van der Waals surface area contributed by atoms with Gasteiger partial charge in [-0.25, -0.2) is 9.78 Å². The molecule has 1 aromatic rings. The van der Waals surface area contributed by atoms with E-state index in [4.69, 9.17) is 10.8 Å². The summed E-state index contributed by atoms with van der Waals surface area (Å²) in [5.41, 5.74) is 5.19. The predicted molar refractivity (Wildman–Crippen MR) is 56.1 cm³/mol. The van der Waals surface area contributed by atoms with Crippen LogP contribution in [0.5, 0.6) is 0 Å². The molecule has 7 heteroatoms. The monoisotopic (exact) mass is 229 g/mol. The number of aromatic nitrogens is 1. The molecule has 0 spiro atoms. The van der Waals surface area contributed by atoms with Gasteiger partial charge in [0.25, 0.3) is 5.91 Å². The zero-order chi connectivity index (χ0) is 11.6. The number of hydrogen-bond donors (Lipinski definition) is 2. The number of rotatable bonds is 4. The molecule has 0 saturated carbocycles. The lowest BCUT2D eigenvalue weighted by Crippen LogP contribution is -2.35. The third kappa shape index (κ3) is 2.44. The Kier molecular flexibility index (Phi) is 3.25. The van der Waals surface area contributed by atoms with Crippen molar-refractivity contribution in [2.45, 2.75) is 13.0 Å². The average Bonchev–Trinajstić information content (AvgIpc) is 2.64. The quantitative estimate of drug-likeness (QED) is 0.766. The van der Waals surface area contributed by atoms with Crippen molar-refractivity contribution >= 4 is 28.3 Å². The molecule has 1 amide bonds. The largest absolute Gasteiger partial charge is 0.480 e. The summed E-state index contributed by atoms with van der Waals surface area (Å²) in [5, 5.41) is 10.7. The first-order chi connectivity index (χ1) is 6.93. The summed E-state index contributed by atoms with van der Waals surface area (Å²) in [6, 6.07) is -0.697. The van der Waals surface area contributed by atoms with Crippen molar-refractivity contribution in [2.75, 3.05) is 11.9 Å². The molecular formula is C8H11N3O3S. The van der Waals surface area contributed by atoms with Gasteiger partial charge in [-0.3, -0.25) is 4.79 Å². The normalized spacial score (nSPS) is 12.1. The molecule has 1 atom stereocenters. The number of aliphatic carboxylic acids is 1. The summed E-state index contributed by atoms with van der Waals surface area (Å²) >= 11 is 1.18. The molecule has 0 saturated heterocycles. The first-order valence-electron chi connectivity index (χ1n) is 4.14. The third-order valence-electron chi connectivity index (χ3n) is 1.98. The molecule has 0 bridgehead atoms. The summed E-state index contributed by atoms with van der Waals surface area (Å²) in [6.45, 7) is 1.54. The summed E-state index contributed by atoms with van der Waals surface area (Å²) in [6.07, 6.45) is 0. The van der Waals surface area contributed by atoms with Crippen LogP contribution in [-0.2, 0) is 4.79 Å². The number of hydrogen-bond acceptors (Lipinski definition) is 5. The third-order valence-corrected chi connectivity index (χ3v) is 2.92. The highest BCUT2D eigenvalue weighted by Gasteiger charge is 2.20. The molecule has 0 aliphatic rings. The maximum atomic E-state index is 10.8. The van der Waals surface area contributed by atoms with Crippen molar-refractivity contribution in [3.8, 4) is 0 Å². The lowest BCUT2D eigenvalue weighted by molar-refractivity contribution is -0.138. The molecule has 82 valence electrons. The summed E-state index contributed by atoms with van der Waals surface area (Å²) < 4.78 is 0. The number of amides is 1. The number of carbonyl (C=O) groups excluding carboxylic acids is 1. The van der Waals surface area contributed by atoms with Gasteiger partial charge >= 0.3 is 5.97 Å². The van der Waals surface area contributed by atoms with Gasteiger partial charge in [-0.05, 0) is 6.92 Å². The molecule has 0 aromatic carbocycles. The van der Waals surface area contributed by atoms with Crippen LogP contribution in [0.3, 0.4) is 0 Å². The van der Waals surface area contributed by atoms with Crippen molar-refractivity contribution in [2.24, 2.45) is 5.73 Å². The number of carboxylic acid groups (broad SMARTS) is 1. The molecule has 0 radical (unpaired) electrons. The first kappa shape index (κ1) is 11.4. The lowest BCUT2D eigenvalue weighted by atomic mass is 10.3. The average molecular weight is 229 g/mol. The molecule has 3 N–H and O–H groups in total. The van der Waals surface area contributed by atoms with Crippen LogP contribution in [-0.4, -0.2) is 35.1 Å². The van der Waals surface area contributed by atoms with Gasteiger partial charge in [0.15, 0.2) is 5.13 Å². The van der Waals surface area contributed by atoms with Crippen LogP contribution in [0.1, 0.15) is 17.4 Å². The Balaban J connectivity index is 2.87. The SMILES string of the molecule is CC(C(=O)O)N(C)c1nc(C(N)=O)cs1. The second kappa shape index (κ2) is 4.26. The molecule has 15 heavy (non-hydrogen) atoms. The highest BCUT2D eigenvalue weighted by molar-refractivity contribution is 7.13. The molecule has 1 rings (SSSR count). The van der Waals surface area contributed by atoms with Gasteiger partial charge in [-0.1, -0.05) is 0 Å². The van der Waals surface area contributed by atoms with Crippen LogP contribution in [0.25, 0.3) is 0 Å². The Morgan fingerprint density at radius 2 is 2.27 bits per heavy atom. The standard InChI is InChI=1S/C8H11N3O3S/c1-4(7(13)14)11(2)8-10-5(3-15-8)6(9)12/h3-4H,1-2H3,(H2,9,12)(H,13,14). The molecule has 0 fully saturated rings. The second-order valence-corrected chi connectivity index (χ2v) is 3.84. The Morgan fingerprint density at radius 3 is 2.67 bits per heavy atom. The molecule has 0 aliphatic heterocycles. The number of anilines is 1. The van der Waals surface area contributed by atoms with Gasteiger partial charge in [-0.2, -0.15) is 0 Å². The summed E-state index contributed by atoms with van der Waals surface area (Å²) in [4.78, 5) is 26.9. The van der Waals surface area contributed by atoms with Crippen molar-refractivity contribution in [3.05, 3.63) is 11.1 Å². The fourth-order valence-electron chi connectivity index (χ4n) is 0.871. The number of thiazole rings is 1. The second-order valence-electron chi connectivity index (χ2n) is 3.00. The number of carbonyl (C=O) groups is 2. The molecule has 6 nitrogen and oxygen atoms in total. The van der Waals surface area contributed by atoms with Crippen LogP contribution in [0.4, 0.5) is 5.13 Å². The zero-order valence-electron chi connectivity index (χ0n) is 8.30. The minimum absolute atomic E-state index is 0.152. The van der Waals surface area contributed by atoms with E-state index in [2.05, 4.69) is 4.98 Å². The number of carboxylic acids is 1. The van der Waals surface area contributed by atoms with Crippen LogP contribution < -0.4 is 10.6 Å². The van der Waals surface area contributed by atoms with E-state index in [9.17, 15) is 9.59 Å². The molecule has 0 aliphatic carbocycles. The van der Waals surface area contributed by atoms with Crippen LogP contribution in [0.15, 0.2) is 5.38 Å². The fraction of sp³-hybridized carbons (Fsp3) is 0.375. The van der Waals surface area contributed by atoms with E-state index in [1.54, 1.807) is 7.05 Å². The predicted octanol–water partition coefficient (Wildman–Crippen LogP) is 0.151. The Hall–Kier alpha value is -1.63. The van der Waals surface area contributed by atoms with Crippen LogP contribution in [0.2, 0.25) is 0 Å². The van der Waals surface area contributed by atoms with Crippen LogP contribution >= 0.6 is 11.3 Å². The summed E-state index contributed by atoms with van der Waals surface area (Å²) in [7, 11) is 1.60. The van der Waals surface area contributed by atoms with E-state index < -0.39 is 17.9 Å². The van der Waals surface area contributed by atoms with Gasteiger partial charge < -0.3 is 15.7 Å². The van der Waals surface area contributed by atoms with Gasteiger partial charge in [0.2, 0.25) is 0 Å². The Morgan fingerprint density at radius 1 is 1.67 bits per heavy atom. The van der Waals surface area contributed by atoms with Gasteiger partial charge in [0.1, 0.15) is 11.7 Å². The molecule has 1 aromatic heterocycles. The van der Waals surface area contributed by atoms with Gasteiger partial charge in [0.05, 0.1) is 0 Å². The fourth-order valence-corrected chi connectivity index (χ4v) is 1.73. The molecule has 1 unspecified atom stereocenters. The Labute approximate surface area is 90.3 Å². The number of primary amides is 1. The maximum absolute atomic E-state index is 10.8. The number of likely N-dealkylation sites (N-methyl/N-ethyl adjacent to an activating group) is 1. The maximum Gasteiger partial charge on any atom is 0.326 e. The van der Waals surface area contributed by atoms with Crippen molar-refractivity contribution in [1.29, 1.82) is 0 Å². The number of nitrogens with zero attached hydrogens (tertiary/aromatic N) is 2. The van der Waals surface area contributed by atoms with Crippen molar-refractivity contribution in [3.63, 3.8) is 0 Å². The first-order valence-corrected chi connectivity index (χ1v) is 5.02. The number of nitrogens with two attached hydrogens (primary N) is 1. The van der Waals surface area contributed by atoms with E-state index in [-0.39, 0.29) is 5.69 Å². The van der Waals surface area contributed by atoms with Crippen molar-refractivity contribution in [1.82, 2.24) is 4.98 Å². The van der Waals surface area contributed by atoms with E-state index in [0.29, 0.717) is 5.13 Å². The highest BCUT2D eigenvalue weighted by Crippen LogP contribution is 2.20. The van der Waals surface area contributed by atoms with E-state index in [1.165, 1.54) is 28.5 Å². The van der Waals surface area contributed by atoms with Crippen LogP contribution in [0, 0.1) is 0 Å². The Bertz CT molecular complexity index is 390. The van der Waals surface area contributed by atoms with E-state index in [0.717, 1.165) is 0 Å². The zero-order valence-corrected chi connectivity index (χ0v) is 9.11. The molecular weight excluding hydrogens is 218 g/mol. The van der Waals surface area contributed by atoms with Crippen molar-refractivity contribution < 1.29 is 14.7 Å². The smallest absolute Gasteiger partial charge is 0.326 e. The minimum atomic E-state index is -0.951. The highest BCUT2D eigenvalue weighted by atomic mass is 32.1. The topological polar surface area (TPSA) is 96.5 Å². The lowest BCUT2D eigenvalue weighted by Gasteiger charge is -2.19. The van der Waals surface area contributed by atoms with Gasteiger partial charge in [0, 0.05) is 12.4 Å². The minimum Gasteiger partial charge on any atom is -0.480 e. The van der Waals surface area contributed by atoms with E-state index >= 15 is 0 Å².